The number of carbonyl (C=O) groups excluding carboxylic acids is 1. The van der Waals surface area contributed by atoms with Crippen LogP contribution in [-0.4, -0.2) is 35.9 Å². The molecule has 0 aromatic heterocycles. The predicted octanol–water partition coefficient (Wildman–Crippen LogP) is 1.99. The third kappa shape index (κ3) is 5.81. The standard InChI is InChI=1S/C14H21N3OS/c1-3-4-8-17(2)10-13(18)16-12-7-5-6-11(9-12)14(15)19/h5-7,9H,3-4,8,10H2,1-2H3,(H2,15,19)(H,16,18). The number of amides is 1. The van der Waals surface area contributed by atoms with Gasteiger partial charge in [-0.2, -0.15) is 0 Å². The second-order valence-corrected chi connectivity index (χ2v) is 5.02. The summed E-state index contributed by atoms with van der Waals surface area (Å²) in [6.45, 7) is 3.45. The molecular weight excluding hydrogens is 258 g/mol. The second-order valence-electron chi connectivity index (χ2n) is 4.58. The van der Waals surface area contributed by atoms with Crippen molar-refractivity contribution in [1.29, 1.82) is 0 Å². The van der Waals surface area contributed by atoms with Gasteiger partial charge in [0.1, 0.15) is 4.99 Å². The van der Waals surface area contributed by atoms with Gasteiger partial charge in [0.25, 0.3) is 0 Å². The Kier molecular flexibility index (Phi) is 6.45. The zero-order valence-electron chi connectivity index (χ0n) is 11.5. The highest BCUT2D eigenvalue weighted by molar-refractivity contribution is 7.80. The van der Waals surface area contributed by atoms with Gasteiger partial charge in [0, 0.05) is 11.3 Å². The maximum Gasteiger partial charge on any atom is 0.238 e. The van der Waals surface area contributed by atoms with Crippen LogP contribution in [0, 0.1) is 0 Å². The van der Waals surface area contributed by atoms with Crippen LogP contribution >= 0.6 is 12.2 Å². The Bertz CT molecular complexity index is 448. The molecule has 0 radical (unpaired) electrons. The average molecular weight is 279 g/mol. The van der Waals surface area contributed by atoms with Crippen LogP contribution in [0.4, 0.5) is 5.69 Å². The number of benzene rings is 1. The molecule has 0 atom stereocenters. The monoisotopic (exact) mass is 279 g/mol. The molecule has 0 fully saturated rings. The molecule has 1 amide bonds. The van der Waals surface area contributed by atoms with Crippen molar-refractivity contribution >= 4 is 28.8 Å². The lowest BCUT2D eigenvalue weighted by Crippen LogP contribution is -2.30. The van der Waals surface area contributed by atoms with E-state index in [-0.39, 0.29) is 5.91 Å². The summed E-state index contributed by atoms with van der Waals surface area (Å²) in [4.78, 5) is 14.2. The largest absolute Gasteiger partial charge is 0.389 e. The van der Waals surface area contributed by atoms with Crippen molar-refractivity contribution in [2.24, 2.45) is 5.73 Å². The van der Waals surface area contributed by atoms with Gasteiger partial charge >= 0.3 is 0 Å². The highest BCUT2D eigenvalue weighted by Gasteiger charge is 2.07. The summed E-state index contributed by atoms with van der Waals surface area (Å²) < 4.78 is 0. The minimum absolute atomic E-state index is 0.0290. The molecule has 1 aromatic carbocycles. The third-order valence-electron chi connectivity index (χ3n) is 2.74. The minimum Gasteiger partial charge on any atom is -0.389 e. The first-order valence-corrected chi connectivity index (χ1v) is 6.82. The fraction of sp³-hybridized carbons (Fsp3) is 0.429. The van der Waals surface area contributed by atoms with Crippen LogP contribution < -0.4 is 11.1 Å². The van der Waals surface area contributed by atoms with Crippen LogP contribution in [-0.2, 0) is 4.79 Å². The molecule has 5 heteroatoms. The highest BCUT2D eigenvalue weighted by atomic mass is 32.1. The van der Waals surface area contributed by atoms with Crippen LogP contribution in [0.1, 0.15) is 25.3 Å². The van der Waals surface area contributed by atoms with Crippen LogP contribution in [0.2, 0.25) is 0 Å². The van der Waals surface area contributed by atoms with Crippen molar-refractivity contribution in [3.8, 4) is 0 Å². The van der Waals surface area contributed by atoms with Crippen molar-refractivity contribution < 1.29 is 4.79 Å². The highest BCUT2D eigenvalue weighted by Crippen LogP contribution is 2.10. The number of nitrogens with two attached hydrogens (primary N) is 1. The number of hydrogen-bond donors (Lipinski definition) is 2. The molecule has 0 saturated carbocycles. The molecule has 1 rings (SSSR count). The van der Waals surface area contributed by atoms with Crippen molar-refractivity contribution in [3.63, 3.8) is 0 Å². The number of hydrogen-bond acceptors (Lipinski definition) is 3. The number of anilines is 1. The molecule has 0 spiro atoms. The van der Waals surface area contributed by atoms with Crippen molar-refractivity contribution in [3.05, 3.63) is 29.8 Å². The van der Waals surface area contributed by atoms with Crippen molar-refractivity contribution in [2.75, 3.05) is 25.5 Å². The lowest BCUT2D eigenvalue weighted by atomic mass is 10.2. The van der Waals surface area contributed by atoms with Gasteiger partial charge in [0.15, 0.2) is 0 Å². The Hall–Kier alpha value is -1.46. The molecule has 0 unspecified atom stereocenters. The van der Waals surface area contributed by atoms with E-state index in [4.69, 9.17) is 18.0 Å². The van der Waals surface area contributed by atoms with Gasteiger partial charge in [-0.15, -0.1) is 0 Å². The maximum absolute atomic E-state index is 11.9. The summed E-state index contributed by atoms with van der Waals surface area (Å²) >= 11 is 4.91. The quantitative estimate of drug-likeness (QED) is 0.749. The maximum atomic E-state index is 11.9. The SMILES string of the molecule is CCCCN(C)CC(=O)Nc1cccc(C(N)=S)c1. The molecule has 0 saturated heterocycles. The molecule has 19 heavy (non-hydrogen) atoms. The van der Waals surface area contributed by atoms with Crippen molar-refractivity contribution in [1.82, 2.24) is 4.90 Å². The molecule has 0 aliphatic carbocycles. The smallest absolute Gasteiger partial charge is 0.238 e. The van der Waals surface area contributed by atoms with Crippen LogP contribution in [0.25, 0.3) is 0 Å². The number of unbranched alkanes of at least 4 members (excludes halogenated alkanes) is 1. The molecular formula is C14H21N3OS. The first-order chi connectivity index (χ1) is 9.02. The molecule has 0 aliphatic rings. The van der Waals surface area contributed by atoms with E-state index in [2.05, 4.69) is 12.2 Å². The average Bonchev–Trinajstić information content (AvgIpc) is 2.36. The molecule has 4 nitrogen and oxygen atoms in total. The molecule has 0 aliphatic heterocycles. The topological polar surface area (TPSA) is 58.4 Å². The zero-order chi connectivity index (χ0) is 14.3. The molecule has 104 valence electrons. The number of nitrogens with zero attached hydrogens (tertiary/aromatic N) is 1. The molecule has 3 N–H and O–H groups in total. The zero-order valence-corrected chi connectivity index (χ0v) is 12.3. The second kappa shape index (κ2) is 7.86. The van der Waals surface area contributed by atoms with Gasteiger partial charge in [0.2, 0.25) is 5.91 Å². The molecule has 0 bridgehead atoms. The van der Waals surface area contributed by atoms with Gasteiger partial charge in [-0.25, -0.2) is 0 Å². The molecule has 1 aromatic rings. The van der Waals surface area contributed by atoms with Gasteiger partial charge < -0.3 is 11.1 Å². The van der Waals surface area contributed by atoms with Crippen LogP contribution in [0.15, 0.2) is 24.3 Å². The lowest BCUT2D eigenvalue weighted by molar-refractivity contribution is -0.117. The van der Waals surface area contributed by atoms with E-state index >= 15 is 0 Å². The summed E-state index contributed by atoms with van der Waals surface area (Å²) in [5, 5.41) is 2.85. The number of nitrogens with one attached hydrogen (secondary N) is 1. The predicted molar refractivity (Wildman–Crippen MR) is 83.4 cm³/mol. The molecule has 0 heterocycles. The van der Waals surface area contributed by atoms with Gasteiger partial charge in [-0.3, -0.25) is 9.69 Å². The number of thiocarbonyl (C=S) groups is 1. The van der Waals surface area contributed by atoms with E-state index in [1.165, 1.54) is 0 Å². The van der Waals surface area contributed by atoms with Crippen molar-refractivity contribution in [2.45, 2.75) is 19.8 Å². The summed E-state index contributed by atoms with van der Waals surface area (Å²) in [5.74, 6) is -0.0290. The Morgan fingerprint density at radius 2 is 2.21 bits per heavy atom. The van der Waals surface area contributed by atoms with Crippen LogP contribution in [0.3, 0.4) is 0 Å². The number of carbonyl (C=O) groups is 1. The summed E-state index contributed by atoms with van der Waals surface area (Å²) in [6.07, 6.45) is 2.22. The van der Waals surface area contributed by atoms with E-state index < -0.39 is 0 Å². The fourth-order valence-electron chi connectivity index (χ4n) is 1.70. The van der Waals surface area contributed by atoms with E-state index in [1.807, 2.05) is 30.1 Å². The fourth-order valence-corrected chi connectivity index (χ4v) is 1.83. The van der Waals surface area contributed by atoms with E-state index in [0.717, 1.165) is 30.6 Å². The summed E-state index contributed by atoms with van der Waals surface area (Å²) in [5.41, 5.74) is 7.04. The van der Waals surface area contributed by atoms with Gasteiger partial charge in [0.05, 0.1) is 6.54 Å². The van der Waals surface area contributed by atoms with E-state index in [9.17, 15) is 4.79 Å². The minimum atomic E-state index is -0.0290. The number of rotatable bonds is 7. The number of likely N-dealkylation sites (N-methyl/N-ethyl adjacent to an activating group) is 1. The van der Waals surface area contributed by atoms with Crippen LogP contribution in [0.5, 0.6) is 0 Å². The first kappa shape index (κ1) is 15.6. The van der Waals surface area contributed by atoms with E-state index in [0.29, 0.717) is 11.5 Å². The Morgan fingerprint density at radius 3 is 2.84 bits per heavy atom. The Morgan fingerprint density at radius 1 is 1.47 bits per heavy atom. The summed E-state index contributed by atoms with van der Waals surface area (Å²) in [7, 11) is 1.95. The van der Waals surface area contributed by atoms with E-state index in [1.54, 1.807) is 6.07 Å². The van der Waals surface area contributed by atoms with Gasteiger partial charge in [-0.05, 0) is 32.1 Å². The first-order valence-electron chi connectivity index (χ1n) is 6.41. The summed E-state index contributed by atoms with van der Waals surface area (Å²) in [6, 6.07) is 7.26. The Labute approximate surface area is 120 Å². The third-order valence-corrected chi connectivity index (χ3v) is 2.97. The normalized spacial score (nSPS) is 10.5. The Balaban J connectivity index is 2.52. The van der Waals surface area contributed by atoms with Gasteiger partial charge in [-0.1, -0.05) is 37.7 Å². The lowest BCUT2D eigenvalue weighted by Gasteiger charge is -2.15.